The van der Waals surface area contributed by atoms with Crippen molar-refractivity contribution in [1.29, 1.82) is 0 Å². The molecule has 39 heavy (non-hydrogen) atoms. The summed E-state index contributed by atoms with van der Waals surface area (Å²) in [6, 6.07) is 16.9. The average molecular weight is 605 g/mol. The quantitative estimate of drug-likeness (QED) is 0.212. The third-order valence-electron chi connectivity index (χ3n) is 6.75. The summed E-state index contributed by atoms with van der Waals surface area (Å²) in [7, 11) is 1.95. The molecule has 2 aromatic carbocycles. The summed E-state index contributed by atoms with van der Waals surface area (Å²) < 4.78 is 8.14. The van der Waals surface area contributed by atoms with Crippen LogP contribution in [0, 0.1) is 30.6 Å². The van der Waals surface area contributed by atoms with Gasteiger partial charge in [0.15, 0.2) is 0 Å². The predicted octanol–water partition coefficient (Wildman–Crippen LogP) is 7.86. The van der Waals surface area contributed by atoms with Crippen molar-refractivity contribution in [2.45, 2.75) is 73.3 Å². The van der Waals surface area contributed by atoms with Crippen molar-refractivity contribution >= 4 is 5.78 Å². The Hall–Kier alpha value is -1.69. The second-order valence-electron chi connectivity index (χ2n) is 12.5. The van der Waals surface area contributed by atoms with Gasteiger partial charge in [0.2, 0.25) is 0 Å². The maximum Gasteiger partial charge on any atom is 0.121 e. The van der Waals surface area contributed by atoms with Crippen molar-refractivity contribution in [3.05, 3.63) is 73.5 Å². The van der Waals surface area contributed by atoms with Crippen LogP contribution in [0.25, 0.3) is 22.5 Å². The average Bonchev–Trinajstić information content (AvgIpc) is 3.21. The molecule has 4 rings (SSSR count). The van der Waals surface area contributed by atoms with Crippen LogP contribution >= 0.6 is 0 Å². The molecular weight excluding hydrogens is 559 g/mol. The fourth-order valence-corrected chi connectivity index (χ4v) is 4.99. The number of hydrogen-bond acceptors (Lipinski definition) is 4. The molecule has 0 bridgehead atoms. The van der Waals surface area contributed by atoms with E-state index in [1.165, 1.54) is 16.7 Å². The molecule has 1 aliphatic rings. The van der Waals surface area contributed by atoms with E-state index in [4.69, 9.17) is 4.74 Å². The first-order valence-electron chi connectivity index (χ1n) is 13.7. The summed E-state index contributed by atoms with van der Waals surface area (Å²) in [5.74, 6) is 0.197. The van der Waals surface area contributed by atoms with Gasteiger partial charge in [0, 0.05) is 69.3 Å². The van der Waals surface area contributed by atoms with Gasteiger partial charge in [-0.15, -0.1) is 11.0 Å². The van der Waals surface area contributed by atoms with Crippen molar-refractivity contribution < 1.29 is 42.2 Å². The van der Waals surface area contributed by atoms with Crippen LogP contribution in [0.5, 0.6) is 0 Å². The van der Waals surface area contributed by atoms with Crippen LogP contribution < -0.4 is 0 Å². The van der Waals surface area contributed by atoms with Gasteiger partial charge in [0.25, 0.3) is 0 Å². The Morgan fingerprint density at radius 1 is 1.05 bits per heavy atom. The summed E-state index contributed by atoms with van der Waals surface area (Å²) in [5.41, 5.74) is 6.68. The number of rotatable bonds is 6. The Kier molecular flexibility index (Phi) is 12.3. The van der Waals surface area contributed by atoms with E-state index in [9.17, 15) is 4.79 Å². The summed E-state index contributed by atoms with van der Waals surface area (Å²) in [5, 5.41) is 8.77. The molecule has 2 unspecified atom stereocenters. The fraction of sp³-hybridized carbons (Fsp3) is 0.485. The van der Waals surface area contributed by atoms with E-state index < -0.39 is 0 Å². The van der Waals surface area contributed by atoms with Gasteiger partial charge in [0.1, 0.15) is 11.5 Å². The number of carbonyl (C=O) groups is 1. The zero-order chi connectivity index (χ0) is 28.1. The molecule has 0 aliphatic heterocycles. The van der Waals surface area contributed by atoms with Crippen molar-refractivity contribution in [3.8, 4) is 22.5 Å². The minimum atomic E-state index is -0.252. The van der Waals surface area contributed by atoms with E-state index in [1.807, 2.05) is 32.5 Å². The Morgan fingerprint density at radius 2 is 1.67 bits per heavy atom. The third-order valence-corrected chi connectivity index (χ3v) is 6.75. The van der Waals surface area contributed by atoms with E-state index in [0.29, 0.717) is 0 Å². The van der Waals surface area contributed by atoms with E-state index in [2.05, 4.69) is 93.5 Å². The molecule has 1 aliphatic carbocycles. The van der Waals surface area contributed by atoms with Gasteiger partial charge in [-0.1, -0.05) is 108 Å². The molecule has 1 radical (unpaired) electrons. The number of carbonyl (C=O) groups excluding carboxylic acids is 1. The number of aryl methyl sites for hydroxylation is 1. The van der Waals surface area contributed by atoms with Gasteiger partial charge in [-0.05, 0) is 16.5 Å². The van der Waals surface area contributed by atoms with E-state index in [-0.39, 0.29) is 61.3 Å². The Bertz CT molecular complexity index is 1220. The standard InChI is InChI=1S/C21H22N3O.C12H23O.Y/c1-3-4-13-25-19-14-15-9-5-6-10-16(15)21-20(22-23-24(21)2)18-12-8-7-11-17(18)19;1-9(8-11(2,3)4)10(13)12(5,6)7;/h5-12,19H,1,3-4,13-14H2,2H3;9H,1,8H2,2-7H3;/q2*-1;. The molecule has 0 spiro atoms. The number of nitrogens with zero attached hydrogens (tertiary/aromatic N) is 3. The second-order valence-corrected chi connectivity index (χ2v) is 12.5. The van der Waals surface area contributed by atoms with Gasteiger partial charge in [0.05, 0.1) is 11.8 Å². The predicted molar refractivity (Wildman–Crippen MR) is 156 cm³/mol. The second kappa shape index (κ2) is 14.3. The normalized spacial score (nSPS) is 15.3. The first-order chi connectivity index (χ1) is 17.8. The van der Waals surface area contributed by atoms with Gasteiger partial charge in [-0.2, -0.15) is 6.42 Å². The largest absolute Gasteiger partial charge is 0.373 e. The zero-order valence-electron chi connectivity index (χ0n) is 25.0. The van der Waals surface area contributed by atoms with Crippen molar-refractivity contribution in [2.75, 3.05) is 6.61 Å². The van der Waals surface area contributed by atoms with Crippen molar-refractivity contribution in [3.63, 3.8) is 0 Å². The maximum atomic E-state index is 11.8. The molecule has 2 atom stereocenters. The Labute approximate surface area is 261 Å². The number of benzene rings is 2. The molecule has 6 heteroatoms. The van der Waals surface area contributed by atoms with Crippen LogP contribution in [-0.4, -0.2) is 27.4 Å². The van der Waals surface area contributed by atoms with Crippen LogP contribution in [0.1, 0.15) is 78.0 Å². The molecule has 0 fully saturated rings. The molecule has 0 amide bonds. The van der Waals surface area contributed by atoms with Gasteiger partial charge < -0.3 is 23.4 Å². The zero-order valence-corrected chi connectivity index (χ0v) is 27.8. The Balaban J connectivity index is 0.000000328. The smallest absolute Gasteiger partial charge is 0.121 e. The first kappa shape index (κ1) is 33.5. The minimum Gasteiger partial charge on any atom is -0.373 e. The first-order valence-corrected chi connectivity index (χ1v) is 13.7. The van der Waals surface area contributed by atoms with Crippen LogP contribution in [0.2, 0.25) is 0 Å². The monoisotopic (exact) mass is 604 g/mol. The SMILES string of the molecule is [CH2-]C(CC(C)(C)C)C(=O)C(C)(C)C.[CH2-]CCCOC1Cc2ccccc2-c2c(nnn2C)-c2ccccc21.[Y]. The summed E-state index contributed by atoms with van der Waals surface area (Å²) in [4.78, 5) is 11.8. The van der Waals surface area contributed by atoms with Crippen LogP contribution in [0.15, 0.2) is 48.5 Å². The van der Waals surface area contributed by atoms with Crippen molar-refractivity contribution in [2.24, 2.45) is 23.8 Å². The number of ketones is 1. The number of fused-ring (bicyclic) bond motifs is 5. The maximum absolute atomic E-state index is 11.8. The molecule has 209 valence electrons. The van der Waals surface area contributed by atoms with Crippen LogP contribution in [0.3, 0.4) is 0 Å². The summed E-state index contributed by atoms with van der Waals surface area (Å²) in [6.07, 6.45) is 3.58. The molecule has 1 aromatic heterocycles. The molecular formula is C33H45N3O2Y-2. The molecule has 0 saturated carbocycles. The number of aromatic nitrogens is 3. The molecule has 5 nitrogen and oxygen atoms in total. The number of ether oxygens (including phenoxy) is 1. The summed E-state index contributed by atoms with van der Waals surface area (Å²) in [6.45, 7) is 20.9. The molecule has 3 aromatic rings. The van der Waals surface area contributed by atoms with Gasteiger partial charge in [-0.25, -0.2) is 4.68 Å². The van der Waals surface area contributed by atoms with E-state index >= 15 is 0 Å². The van der Waals surface area contributed by atoms with E-state index in [0.717, 1.165) is 49.2 Å². The molecule has 0 saturated heterocycles. The topological polar surface area (TPSA) is 57.0 Å². The van der Waals surface area contributed by atoms with Gasteiger partial charge in [-0.3, -0.25) is 0 Å². The molecule has 0 N–H and O–H groups in total. The Morgan fingerprint density at radius 3 is 2.28 bits per heavy atom. The number of unbranched alkanes of at least 4 members (excludes halogenated alkanes) is 1. The fourth-order valence-electron chi connectivity index (χ4n) is 4.99. The van der Waals surface area contributed by atoms with E-state index in [1.54, 1.807) is 0 Å². The summed E-state index contributed by atoms with van der Waals surface area (Å²) >= 11 is 0. The van der Waals surface area contributed by atoms with Gasteiger partial charge >= 0.3 is 0 Å². The minimum absolute atomic E-state index is 0. The van der Waals surface area contributed by atoms with Crippen LogP contribution in [-0.2, 0) is 55.7 Å². The van der Waals surface area contributed by atoms with Crippen molar-refractivity contribution in [1.82, 2.24) is 15.0 Å². The number of Topliss-reactive ketones (excluding diaryl/α,β-unsaturated/α-hetero) is 1. The third kappa shape index (κ3) is 8.90. The van der Waals surface area contributed by atoms with Crippen LogP contribution in [0.4, 0.5) is 0 Å². The number of hydrogen-bond donors (Lipinski definition) is 0. The molecule has 1 heterocycles.